The second-order valence-corrected chi connectivity index (χ2v) is 5.71. The van der Waals surface area contributed by atoms with Gasteiger partial charge in [-0.05, 0) is 28.1 Å². The van der Waals surface area contributed by atoms with Gasteiger partial charge in [-0.25, -0.2) is 0 Å². The summed E-state index contributed by atoms with van der Waals surface area (Å²) in [7, 11) is 1.56. The minimum atomic E-state index is -0.351. The van der Waals surface area contributed by atoms with Crippen LogP contribution in [0.1, 0.15) is 10.4 Å². The Morgan fingerprint density at radius 3 is 2.70 bits per heavy atom. The number of likely N-dealkylation sites (tertiary alicyclic amines) is 1. The minimum Gasteiger partial charge on any atom is -0.396 e. The van der Waals surface area contributed by atoms with Crippen molar-refractivity contribution in [3.63, 3.8) is 0 Å². The number of amides is 2. The van der Waals surface area contributed by atoms with Crippen LogP contribution in [0.2, 0.25) is 0 Å². The lowest BCUT2D eigenvalue weighted by molar-refractivity contribution is -0.125. The second-order valence-electron chi connectivity index (χ2n) is 4.85. The molecule has 0 radical (unpaired) electrons. The number of rotatable bonds is 3. The SMILES string of the molecule is CNC(=O)[C@@H]1CN(C(=O)c2ccccc2Br)C[C@H]1CO. The maximum Gasteiger partial charge on any atom is 0.255 e. The topological polar surface area (TPSA) is 69.6 Å². The molecule has 108 valence electrons. The first-order chi connectivity index (χ1) is 9.58. The summed E-state index contributed by atoms with van der Waals surface area (Å²) in [6.45, 7) is 0.637. The summed E-state index contributed by atoms with van der Waals surface area (Å²) in [6, 6.07) is 7.19. The highest BCUT2D eigenvalue weighted by Gasteiger charge is 2.39. The van der Waals surface area contributed by atoms with Gasteiger partial charge in [0, 0.05) is 37.1 Å². The third-order valence-corrected chi connectivity index (χ3v) is 4.34. The first-order valence-electron chi connectivity index (χ1n) is 6.44. The van der Waals surface area contributed by atoms with Crippen molar-refractivity contribution in [1.29, 1.82) is 0 Å². The van der Waals surface area contributed by atoms with E-state index in [1.54, 1.807) is 24.1 Å². The molecule has 1 aliphatic rings. The molecule has 1 heterocycles. The molecular weight excluding hydrogens is 324 g/mol. The van der Waals surface area contributed by atoms with Crippen LogP contribution in [0.3, 0.4) is 0 Å². The van der Waals surface area contributed by atoms with Crippen LogP contribution in [-0.2, 0) is 4.79 Å². The Morgan fingerprint density at radius 2 is 2.10 bits per heavy atom. The lowest BCUT2D eigenvalue weighted by Gasteiger charge is -2.17. The van der Waals surface area contributed by atoms with Gasteiger partial charge in [-0.2, -0.15) is 0 Å². The molecule has 6 heteroatoms. The number of nitrogens with zero attached hydrogens (tertiary/aromatic N) is 1. The maximum absolute atomic E-state index is 12.5. The van der Waals surface area contributed by atoms with E-state index < -0.39 is 0 Å². The number of aliphatic hydroxyl groups excluding tert-OH is 1. The molecule has 0 aromatic heterocycles. The molecule has 2 rings (SSSR count). The second kappa shape index (κ2) is 6.37. The predicted octanol–water partition coefficient (Wildman–Crippen LogP) is 0.876. The number of nitrogens with one attached hydrogen (secondary N) is 1. The summed E-state index contributed by atoms with van der Waals surface area (Å²) in [4.78, 5) is 25.9. The summed E-state index contributed by atoms with van der Waals surface area (Å²) >= 11 is 3.36. The van der Waals surface area contributed by atoms with Crippen molar-refractivity contribution in [2.45, 2.75) is 0 Å². The van der Waals surface area contributed by atoms with E-state index in [0.29, 0.717) is 18.7 Å². The van der Waals surface area contributed by atoms with E-state index in [-0.39, 0.29) is 30.3 Å². The Bertz CT molecular complexity index is 521. The zero-order chi connectivity index (χ0) is 14.7. The van der Waals surface area contributed by atoms with Gasteiger partial charge >= 0.3 is 0 Å². The van der Waals surface area contributed by atoms with E-state index in [0.717, 1.165) is 4.47 Å². The van der Waals surface area contributed by atoms with Gasteiger partial charge in [0.25, 0.3) is 5.91 Å². The van der Waals surface area contributed by atoms with Crippen molar-refractivity contribution in [2.75, 3.05) is 26.7 Å². The van der Waals surface area contributed by atoms with E-state index in [2.05, 4.69) is 21.2 Å². The molecule has 1 saturated heterocycles. The molecule has 0 aliphatic carbocycles. The van der Waals surface area contributed by atoms with Crippen molar-refractivity contribution in [3.05, 3.63) is 34.3 Å². The van der Waals surface area contributed by atoms with E-state index in [1.807, 2.05) is 12.1 Å². The smallest absolute Gasteiger partial charge is 0.255 e. The molecule has 0 spiro atoms. The summed E-state index contributed by atoms with van der Waals surface area (Å²) in [6.07, 6.45) is 0. The Balaban J connectivity index is 2.17. The monoisotopic (exact) mass is 340 g/mol. The maximum atomic E-state index is 12.5. The van der Waals surface area contributed by atoms with Gasteiger partial charge in [0.05, 0.1) is 11.5 Å². The largest absolute Gasteiger partial charge is 0.396 e. The van der Waals surface area contributed by atoms with Crippen molar-refractivity contribution in [2.24, 2.45) is 11.8 Å². The van der Waals surface area contributed by atoms with Crippen LogP contribution in [0.25, 0.3) is 0 Å². The Morgan fingerprint density at radius 1 is 1.40 bits per heavy atom. The highest BCUT2D eigenvalue weighted by molar-refractivity contribution is 9.10. The van der Waals surface area contributed by atoms with E-state index in [9.17, 15) is 14.7 Å². The van der Waals surface area contributed by atoms with Crippen LogP contribution in [-0.4, -0.2) is 48.6 Å². The van der Waals surface area contributed by atoms with Gasteiger partial charge in [-0.3, -0.25) is 9.59 Å². The van der Waals surface area contributed by atoms with Gasteiger partial charge in [0.15, 0.2) is 0 Å². The van der Waals surface area contributed by atoms with Crippen LogP contribution < -0.4 is 5.32 Å². The van der Waals surface area contributed by atoms with Gasteiger partial charge in [-0.1, -0.05) is 12.1 Å². The molecule has 1 aromatic rings. The normalized spacial score (nSPS) is 21.9. The molecule has 0 bridgehead atoms. The fraction of sp³-hybridized carbons (Fsp3) is 0.429. The fourth-order valence-corrected chi connectivity index (χ4v) is 2.96. The minimum absolute atomic E-state index is 0.0994. The van der Waals surface area contributed by atoms with E-state index >= 15 is 0 Å². The van der Waals surface area contributed by atoms with Gasteiger partial charge in [-0.15, -0.1) is 0 Å². The van der Waals surface area contributed by atoms with E-state index in [1.165, 1.54) is 0 Å². The number of halogens is 1. The third kappa shape index (κ3) is 2.86. The average molecular weight is 341 g/mol. The number of carbonyl (C=O) groups excluding carboxylic acids is 2. The highest BCUT2D eigenvalue weighted by atomic mass is 79.9. The van der Waals surface area contributed by atoms with E-state index in [4.69, 9.17) is 0 Å². The molecule has 20 heavy (non-hydrogen) atoms. The van der Waals surface area contributed by atoms with Gasteiger partial charge < -0.3 is 15.3 Å². The molecule has 2 N–H and O–H groups in total. The average Bonchev–Trinajstić information content (AvgIpc) is 2.90. The van der Waals surface area contributed by atoms with Crippen molar-refractivity contribution < 1.29 is 14.7 Å². The molecule has 2 atom stereocenters. The van der Waals surface area contributed by atoms with Crippen molar-refractivity contribution in [3.8, 4) is 0 Å². The molecule has 1 aliphatic heterocycles. The lowest BCUT2D eigenvalue weighted by atomic mass is 9.96. The Hall–Kier alpha value is -1.40. The first kappa shape index (κ1) is 15.0. The van der Waals surface area contributed by atoms with Crippen LogP contribution in [0.15, 0.2) is 28.7 Å². The predicted molar refractivity (Wildman–Crippen MR) is 78.2 cm³/mol. The summed E-state index contributed by atoms with van der Waals surface area (Å²) in [5, 5.41) is 12.0. The number of hydrogen-bond donors (Lipinski definition) is 2. The zero-order valence-corrected chi connectivity index (χ0v) is 12.8. The summed E-state index contributed by atoms with van der Waals surface area (Å²) in [5.74, 6) is -0.813. The number of carbonyl (C=O) groups is 2. The van der Waals surface area contributed by atoms with Crippen LogP contribution in [0.4, 0.5) is 0 Å². The zero-order valence-electron chi connectivity index (χ0n) is 11.2. The lowest BCUT2D eigenvalue weighted by Crippen LogP contribution is -2.34. The summed E-state index contributed by atoms with van der Waals surface area (Å²) in [5.41, 5.74) is 0.571. The number of benzene rings is 1. The molecule has 1 fully saturated rings. The van der Waals surface area contributed by atoms with Crippen molar-refractivity contribution >= 4 is 27.7 Å². The Kier molecular flexibility index (Phi) is 4.77. The van der Waals surface area contributed by atoms with Crippen molar-refractivity contribution in [1.82, 2.24) is 10.2 Å². The molecule has 0 unspecified atom stereocenters. The molecule has 0 saturated carbocycles. The molecule has 2 amide bonds. The standard InChI is InChI=1S/C14H17BrN2O3/c1-16-13(19)11-7-17(6-9(11)8-18)14(20)10-4-2-3-5-12(10)15/h2-5,9,11,18H,6-8H2,1H3,(H,16,19)/t9-,11+/m0/s1. The van der Waals surface area contributed by atoms with Crippen LogP contribution >= 0.6 is 15.9 Å². The summed E-state index contributed by atoms with van der Waals surface area (Å²) < 4.78 is 0.731. The third-order valence-electron chi connectivity index (χ3n) is 3.65. The quantitative estimate of drug-likeness (QED) is 0.857. The first-order valence-corrected chi connectivity index (χ1v) is 7.24. The van der Waals surface area contributed by atoms with Crippen LogP contribution in [0.5, 0.6) is 0 Å². The van der Waals surface area contributed by atoms with Crippen LogP contribution in [0, 0.1) is 11.8 Å². The Labute approximate surface area is 126 Å². The highest BCUT2D eigenvalue weighted by Crippen LogP contribution is 2.26. The van der Waals surface area contributed by atoms with Gasteiger partial charge in [0.2, 0.25) is 5.91 Å². The molecule has 5 nitrogen and oxygen atoms in total. The number of aliphatic hydroxyl groups is 1. The van der Waals surface area contributed by atoms with Gasteiger partial charge in [0.1, 0.15) is 0 Å². The molecular formula is C14H17BrN2O3. The molecule has 1 aromatic carbocycles. The fourth-order valence-electron chi connectivity index (χ4n) is 2.51. The number of hydrogen-bond acceptors (Lipinski definition) is 3.